The molecule has 74 valence electrons. The smallest absolute Gasteiger partial charge is 0.101 e. The third-order valence-corrected chi connectivity index (χ3v) is 2.64. The molecule has 1 aromatic carbocycles. The van der Waals surface area contributed by atoms with Crippen molar-refractivity contribution in [2.45, 2.75) is 25.8 Å². The molecule has 1 saturated carbocycles. The maximum atomic E-state index is 5.13. The third kappa shape index (κ3) is 1.92. The average Bonchev–Trinajstić information content (AvgIpc) is 2.97. The maximum absolute atomic E-state index is 5.13. The van der Waals surface area contributed by atoms with E-state index >= 15 is 0 Å². The zero-order valence-corrected chi connectivity index (χ0v) is 8.35. The van der Waals surface area contributed by atoms with Gasteiger partial charge in [0.05, 0.1) is 0 Å². The molecule has 0 amide bonds. The molecule has 2 N–H and O–H groups in total. The summed E-state index contributed by atoms with van der Waals surface area (Å²) in [6.45, 7) is 2.09. The number of aryl methyl sites for hydroxylation is 1. The first-order chi connectivity index (χ1) is 6.81. The van der Waals surface area contributed by atoms with Crippen molar-refractivity contribution >= 4 is 0 Å². The van der Waals surface area contributed by atoms with Crippen LogP contribution in [0, 0.1) is 12.8 Å². The molecule has 0 aromatic heterocycles. The Labute approximate surface area is 84.0 Å². The highest BCUT2D eigenvalue weighted by Crippen LogP contribution is 2.43. The van der Waals surface area contributed by atoms with Gasteiger partial charge in [-0.2, -0.15) is 5.11 Å². The summed E-state index contributed by atoms with van der Waals surface area (Å²) in [5.41, 5.74) is 2.50. The summed E-state index contributed by atoms with van der Waals surface area (Å²) in [6.07, 6.45) is 2.50. The Kier molecular flexibility index (Phi) is 2.48. The van der Waals surface area contributed by atoms with Gasteiger partial charge in [0, 0.05) is 0 Å². The number of nitrogens with zero attached hydrogens (tertiary/aromatic N) is 2. The van der Waals surface area contributed by atoms with Crippen LogP contribution in [0.2, 0.25) is 0 Å². The summed E-state index contributed by atoms with van der Waals surface area (Å²) in [5.74, 6) is 5.79. The van der Waals surface area contributed by atoms with E-state index < -0.39 is 0 Å². The van der Waals surface area contributed by atoms with E-state index in [9.17, 15) is 0 Å². The molecule has 0 saturated heterocycles. The van der Waals surface area contributed by atoms with Crippen molar-refractivity contribution in [2.24, 2.45) is 22.1 Å². The summed E-state index contributed by atoms with van der Waals surface area (Å²) in [4.78, 5) is 0. The van der Waals surface area contributed by atoms with Crippen LogP contribution in [-0.2, 0) is 0 Å². The predicted octanol–water partition coefficient (Wildman–Crippen LogP) is 2.77. The molecule has 1 unspecified atom stereocenters. The minimum absolute atomic E-state index is 0.180. The van der Waals surface area contributed by atoms with Gasteiger partial charge in [0.2, 0.25) is 0 Å². The average molecular weight is 189 g/mol. The lowest BCUT2D eigenvalue weighted by Gasteiger charge is -2.10. The fourth-order valence-corrected chi connectivity index (χ4v) is 1.77. The van der Waals surface area contributed by atoms with Crippen molar-refractivity contribution < 1.29 is 0 Å². The second-order valence-electron chi connectivity index (χ2n) is 3.93. The molecule has 2 rings (SSSR count). The summed E-state index contributed by atoms with van der Waals surface area (Å²) in [5, 5.41) is 7.53. The van der Waals surface area contributed by atoms with E-state index in [4.69, 9.17) is 5.84 Å². The fraction of sp³-hybridized carbons (Fsp3) is 0.455. The summed E-state index contributed by atoms with van der Waals surface area (Å²) in [6, 6.07) is 8.60. The number of nitrogens with two attached hydrogens (primary N) is 1. The SMILES string of the molecule is Cc1cccc(C(N=NN)C2CC2)c1. The van der Waals surface area contributed by atoms with E-state index in [1.807, 2.05) is 0 Å². The van der Waals surface area contributed by atoms with Crippen LogP contribution in [0.25, 0.3) is 0 Å². The van der Waals surface area contributed by atoms with Gasteiger partial charge in [-0.05, 0) is 31.2 Å². The molecule has 3 nitrogen and oxygen atoms in total. The zero-order valence-electron chi connectivity index (χ0n) is 8.35. The number of hydrogen-bond acceptors (Lipinski definition) is 2. The Morgan fingerprint density at radius 2 is 2.21 bits per heavy atom. The molecule has 0 bridgehead atoms. The van der Waals surface area contributed by atoms with E-state index in [0.717, 1.165) is 0 Å². The lowest BCUT2D eigenvalue weighted by Crippen LogP contribution is -1.98. The van der Waals surface area contributed by atoms with Crippen LogP contribution in [0.4, 0.5) is 0 Å². The largest absolute Gasteiger partial charge is 0.305 e. The number of hydrogen-bond donors (Lipinski definition) is 1. The van der Waals surface area contributed by atoms with Crippen LogP contribution < -0.4 is 5.84 Å². The first-order valence-corrected chi connectivity index (χ1v) is 4.98. The quantitative estimate of drug-likeness (QED) is 0.443. The van der Waals surface area contributed by atoms with Gasteiger partial charge in [-0.3, -0.25) is 0 Å². The van der Waals surface area contributed by atoms with Crippen LogP contribution in [0.5, 0.6) is 0 Å². The van der Waals surface area contributed by atoms with Gasteiger partial charge in [-0.25, -0.2) is 0 Å². The van der Waals surface area contributed by atoms with Gasteiger partial charge in [0.15, 0.2) is 0 Å². The van der Waals surface area contributed by atoms with Gasteiger partial charge in [0.1, 0.15) is 6.04 Å². The Morgan fingerprint density at radius 1 is 1.43 bits per heavy atom. The third-order valence-electron chi connectivity index (χ3n) is 2.64. The van der Waals surface area contributed by atoms with Gasteiger partial charge < -0.3 is 5.84 Å². The molecule has 0 heterocycles. The van der Waals surface area contributed by atoms with E-state index in [-0.39, 0.29) is 6.04 Å². The molecule has 3 heteroatoms. The molecule has 0 spiro atoms. The molecule has 14 heavy (non-hydrogen) atoms. The molecular weight excluding hydrogens is 174 g/mol. The standard InChI is InChI=1S/C11H15N3/c1-8-3-2-4-10(7-8)11(13-14-12)9-5-6-9/h2-4,7,9,11H,5-6H2,1H3,(H2,12,13). The van der Waals surface area contributed by atoms with Crippen molar-refractivity contribution in [1.82, 2.24) is 0 Å². The lowest BCUT2D eigenvalue weighted by molar-refractivity contribution is 0.594. The van der Waals surface area contributed by atoms with Crippen molar-refractivity contribution in [3.05, 3.63) is 35.4 Å². The van der Waals surface area contributed by atoms with E-state index in [2.05, 4.69) is 41.5 Å². The first-order valence-electron chi connectivity index (χ1n) is 4.98. The van der Waals surface area contributed by atoms with Crippen LogP contribution in [0.15, 0.2) is 34.6 Å². The van der Waals surface area contributed by atoms with Gasteiger partial charge >= 0.3 is 0 Å². The molecule has 1 atom stereocenters. The Bertz CT molecular complexity index is 342. The van der Waals surface area contributed by atoms with Crippen molar-refractivity contribution in [1.29, 1.82) is 0 Å². The lowest BCUT2D eigenvalue weighted by atomic mass is 10.0. The molecule has 0 radical (unpaired) electrons. The zero-order chi connectivity index (χ0) is 9.97. The maximum Gasteiger partial charge on any atom is 0.101 e. The van der Waals surface area contributed by atoms with Gasteiger partial charge in [-0.1, -0.05) is 35.1 Å². The highest BCUT2D eigenvalue weighted by Gasteiger charge is 2.32. The fourth-order valence-electron chi connectivity index (χ4n) is 1.77. The topological polar surface area (TPSA) is 50.7 Å². The molecule has 1 fully saturated rings. The predicted molar refractivity (Wildman–Crippen MR) is 55.7 cm³/mol. The second kappa shape index (κ2) is 3.78. The van der Waals surface area contributed by atoms with E-state index in [0.29, 0.717) is 5.92 Å². The Morgan fingerprint density at radius 3 is 2.79 bits per heavy atom. The normalized spacial score (nSPS) is 18.6. The monoisotopic (exact) mass is 189 g/mol. The molecule has 0 aliphatic heterocycles. The van der Waals surface area contributed by atoms with E-state index in [1.165, 1.54) is 24.0 Å². The van der Waals surface area contributed by atoms with Crippen LogP contribution >= 0.6 is 0 Å². The highest BCUT2D eigenvalue weighted by atomic mass is 15.3. The summed E-state index contributed by atoms with van der Waals surface area (Å²) in [7, 11) is 0. The Hall–Kier alpha value is -1.38. The summed E-state index contributed by atoms with van der Waals surface area (Å²) < 4.78 is 0. The van der Waals surface area contributed by atoms with Crippen molar-refractivity contribution in [2.75, 3.05) is 0 Å². The molecule has 1 aliphatic carbocycles. The number of benzene rings is 1. The van der Waals surface area contributed by atoms with Crippen LogP contribution in [0.3, 0.4) is 0 Å². The van der Waals surface area contributed by atoms with E-state index in [1.54, 1.807) is 0 Å². The summed E-state index contributed by atoms with van der Waals surface area (Å²) >= 11 is 0. The molecular formula is C11H15N3. The van der Waals surface area contributed by atoms with Crippen molar-refractivity contribution in [3.63, 3.8) is 0 Å². The van der Waals surface area contributed by atoms with Gasteiger partial charge in [-0.15, -0.1) is 0 Å². The molecule has 1 aliphatic rings. The Balaban J connectivity index is 2.25. The van der Waals surface area contributed by atoms with Crippen LogP contribution in [0.1, 0.15) is 30.0 Å². The van der Waals surface area contributed by atoms with Gasteiger partial charge in [0.25, 0.3) is 0 Å². The number of rotatable bonds is 3. The second-order valence-corrected chi connectivity index (χ2v) is 3.93. The highest BCUT2D eigenvalue weighted by molar-refractivity contribution is 5.26. The molecule has 1 aromatic rings. The van der Waals surface area contributed by atoms with Crippen molar-refractivity contribution in [3.8, 4) is 0 Å². The van der Waals surface area contributed by atoms with Crippen LogP contribution in [-0.4, -0.2) is 0 Å². The minimum atomic E-state index is 0.180. The minimum Gasteiger partial charge on any atom is -0.305 e. The first kappa shape index (κ1) is 9.19.